The fourth-order valence-electron chi connectivity index (χ4n) is 1.62. The number of furan rings is 1. The van der Waals surface area contributed by atoms with E-state index in [0.29, 0.717) is 25.3 Å². The summed E-state index contributed by atoms with van der Waals surface area (Å²) in [4.78, 5) is 15.7. The summed E-state index contributed by atoms with van der Waals surface area (Å²) in [6.45, 7) is 0.466. The van der Waals surface area contributed by atoms with Gasteiger partial charge in [-0.1, -0.05) is 6.07 Å². The number of aromatic nitrogens is 1. The van der Waals surface area contributed by atoms with Gasteiger partial charge in [0.25, 0.3) is 0 Å². The molecule has 0 spiro atoms. The number of carbonyl (C=O) groups is 1. The lowest BCUT2D eigenvalue weighted by atomic mass is 10.2. The number of pyridine rings is 1. The Labute approximate surface area is 111 Å². The second kappa shape index (κ2) is 6.58. The van der Waals surface area contributed by atoms with Gasteiger partial charge in [0.05, 0.1) is 13.4 Å². The zero-order valence-corrected chi connectivity index (χ0v) is 10.8. The molecule has 2 heterocycles. The van der Waals surface area contributed by atoms with E-state index in [1.54, 1.807) is 25.6 Å². The first-order valence-corrected chi connectivity index (χ1v) is 6.06. The van der Waals surface area contributed by atoms with Gasteiger partial charge in [0, 0.05) is 31.6 Å². The molecule has 1 amide bonds. The van der Waals surface area contributed by atoms with Gasteiger partial charge >= 0.3 is 0 Å². The van der Waals surface area contributed by atoms with Crippen LogP contribution in [0.25, 0.3) is 0 Å². The zero-order valence-electron chi connectivity index (χ0n) is 10.8. The molecule has 5 nitrogen and oxygen atoms in total. The molecule has 0 saturated carbocycles. The van der Waals surface area contributed by atoms with Gasteiger partial charge in [0.2, 0.25) is 11.8 Å². The Hall–Kier alpha value is -2.30. The van der Waals surface area contributed by atoms with Gasteiger partial charge in [-0.3, -0.25) is 4.79 Å². The average Bonchev–Trinajstić information content (AvgIpc) is 2.96. The fraction of sp³-hybridized carbons (Fsp3) is 0.286. The number of hydrogen-bond acceptors (Lipinski definition) is 4. The molecular formula is C14H16N2O3. The minimum absolute atomic E-state index is 0.00721. The number of nitrogens with zero attached hydrogens (tertiary/aromatic N) is 1. The second-order valence-corrected chi connectivity index (χ2v) is 4.06. The summed E-state index contributed by atoms with van der Waals surface area (Å²) < 4.78 is 10.1. The number of methoxy groups -OCH3 is 1. The topological polar surface area (TPSA) is 64.4 Å². The van der Waals surface area contributed by atoms with Gasteiger partial charge < -0.3 is 14.5 Å². The van der Waals surface area contributed by atoms with Gasteiger partial charge in [0.1, 0.15) is 5.76 Å². The predicted molar refractivity (Wildman–Crippen MR) is 69.7 cm³/mol. The van der Waals surface area contributed by atoms with Crippen LogP contribution in [0.3, 0.4) is 0 Å². The molecule has 0 aliphatic rings. The Morgan fingerprint density at radius 3 is 2.95 bits per heavy atom. The first-order chi connectivity index (χ1) is 9.28. The summed E-state index contributed by atoms with van der Waals surface area (Å²) in [6, 6.07) is 7.32. The third-order valence-corrected chi connectivity index (χ3v) is 2.67. The summed E-state index contributed by atoms with van der Waals surface area (Å²) in [6.07, 6.45) is 4.32. The molecule has 2 aromatic rings. The lowest BCUT2D eigenvalue weighted by Gasteiger charge is -2.05. The van der Waals surface area contributed by atoms with E-state index >= 15 is 0 Å². The van der Waals surface area contributed by atoms with E-state index in [4.69, 9.17) is 9.15 Å². The van der Waals surface area contributed by atoms with E-state index < -0.39 is 0 Å². The minimum atomic E-state index is -0.00721. The number of rotatable bonds is 6. The van der Waals surface area contributed by atoms with Crippen molar-refractivity contribution in [3.8, 4) is 5.88 Å². The molecule has 1 N–H and O–H groups in total. The van der Waals surface area contributed by atoms with Crippen molar-refractivity contribution in [3.63, 3.8) is 0 Å². The van der Waals surface area contributed by atoms with E-state index in [-0.39, 0.29) is 5.91 Å². The number of hydrogen-bond donors (Lipinski definition) is 1. The Balaban J connectivity index is 1.73. The Bertz CT molecular complexity index is 506. The van der Waals surface area contributed by atoms with Crippen molar-refractivity contribution in [1.29, 1.82) is 0 Å². The molecule has 100 valence electrons. The molecule has 19 heavy (non-hydrogen) atoms. The quantitative estimate of drug-likeness (QED) is 0.862. The highest BCUT2D eigenvalue weighted by atomic mass is 16.5. The summed E-state index contributed by atoms with van der Waals surface area (Å²) in [5, 5.41) is 2.84. The maximum atomic E-state index is 11.6. The molecule has 0 saturated heterocycles. The molecule has 0 unspecified atom stereocenters. The van der Waals surface area contributed by atoms with Crippen LogP contribution in [0.1, 0.15) is 17.7 Å². The van der Waals surface area contributed by atoms with Crippen LogP contribution in [0.15, 0.2) is 41.1 Å². The fourth-order valence-corrected chi connectivity index (χ4v) is 1.62. The van der Waals surface area contributed by atoms with Crippen molar-refractivity contribution < 1.29 is 13.9 Å². The molecule has 0 atom stereocenters. The molecule has 0 aliphatic heterocycles. The van der Waals surface area contributed by atoms with Crippen LogP contribution < -0.4 is 10.1 Å². The van der Waals surface area contributed by atoms with Gasteiger partial charge in [-0.25, -0.2) is 4.98 Å². The van der Waals surface area contributed by atoms with Crippen molar-refractivity contribution in [2.24, 2.45) is 0 Å². The molecule has 2 rings (SSSR count). The van der Waals surface area contributed by atoms with Gasteiger partial charge in [-0.2, -0.15) is 0 Å². The molecule has 0 aliphatic carbocycles. The van der Waals surface area contributed by atoms with Crippen molar-refractivity contribution in [3.05, 3.63) is 48.0 Å². The average molecular weight is 260 g/mol. The first-order valence-electron chi connectivity index (χ1n) is 6.06. The van der Waals surface area contributed by atoms with E-state index in [1.807, 2.05) is 18.2 Å². The van der Waals surface area contributed by atoms with Crippen LogP contribution in [0.5, 0.6) is 5.88 Å². The number of carbonyl (C=O) groups excluding carboxylic acids is 1. The molecule has 0 radical (unpaired) electrons. The largest absolute Gasteiger partial charge is 0.481 e. The highest BCUT2D eigenvalue weighted by molar-refractivity contribution is 5.76. The Morgan fingerprint density at radius 1 is 1.42 bits per heavy atom. The maximum absolute atomic E-state index is 11.6. The highest BCUT2D eigenvalue weighted by Crippen LogP contribution is 2.07. The maximum Gasteiger partial charge on any atom is 0.220 e. The van der Waals surface area contributed by atoms with Crippen molar-refractivity contribution >= 4 is 5.91 Å². The van der Waals surface area contributed by atoms with Crippen molar-refractivity contribution in [2.45, 2.75) is 19.4 Å². The molecule has 5 heteroatoms. The molecular weight excluding hydrogens is 244 g/mol. The summed E-state index contributed by atoms with van der Waals surface area (Å²) >= 11 is 0. The van der Waals surface area contributed by atoms with Crippen molar-refractivity contribution in [1.82, 2.24) is 10.3 Å². The Kier molecular flexibility index (Phi) is 4.55. The van der Waals surface area contributed by atoms with Crippen LogP contribution in [-0.2, 0) is 17.8 Å². The SMILES string of the molecule is COc1ccc(CNC(=O)CCc2ccco2)cn1. The van der Waals surface area contributed by atoms with Crippen LogP contribution >= 0.6 is 0 Å². The lowest BCUT2D eigenvalue weighted by Crippen LogP contribution is -2.23. The normalized spacial score (nSPS) is 10.2. The lowest BCUT2D eigenvalue weighted by molar-refractivity contribution is -0.121. The van der Waals surface area contributed by atoms with E-state index in [0.717, 1.165) is 11.3 Å². The Morgan fingerprint density at radius 2 is 2.32 bits per heavy atom. The monoisotopic (exact) mass is 260 g/mol. The van der Waals surface area contributed by atoms with Crippen LogP contribution in [0.2, 0.25) is 0 Å². The highest BCUT2D eigenvalue weighted by Gasteiger charge is 2.04. The predicted octanol–water partition coefficient (Wildman–Crippen LogP) is 1.93. The van der Waals surface area contributed by atoms with Crippen LogP contribution in [-0.4, -0.2) is 18.0 Å². The summed E-state index contributed by atoms with van der Waals surface area (Å²) in [5.41, 5.74) is 0.937. The van der Waals surface area contributed by atoms with E-state index in [9.17, 15) is 4.79 Å². The van der Waals surface area contributed by atoms with Crippen LogP contribution in [0.4, 0.5) is 0 Å². The zero-order chi connectivity index (χ0) is 13.5. The molecule has 0 fully saturated rings. The third kappa shape index (κ3) is 4.13. The number of ether oxygens (including phenoxy) is 1. The second-order valence-electron chi connectivity index (χ2n) is 4.06. The molecule has 2 aromatic heterocycles. The third-order valence-electron chi connectivity index (χ3n) is 2.67. The van der Waals surface area contributed by atoms with Gasteiger partial charge in [-0.15, -0.1) is 0 Å². The number of nitrogens with one attached hydrogen (secondary N) is 1. The standard InChI is InChI=1S/C14H16N2O3/c1-18-14-7-4-11(10-16-14)9-15-13(17)6-5-12-3-2-8-19-12/h2-4,7-8,10H,5-6,9H2,1H3,(H,15,17). The summed E-state index contributed by atoms with van der Waals surface area (Å²) in [5.74, 6) is 1.38. The van der Waals surface area contributed by atoms with Gasteiger partial charge in [0.15, 0.2) is 0 Å². The summed E-state index contributed by atoms with van der Waals surface area (Å²) in [7, 11) is 1.57. The van der Waals surface area contributed by atoms with Crippen LogP contribution in [0, 0.1) is 0 Å². The van der Waals surface area contributed by atoms with Crippen molar-refractivity contribution in [2.75, 3.05) is 7.11 Å². The molecule has 0 aromatic carbocycles. The minimum Gasteiger partial charge on any atom is -0.481 e. The number of amides is 1. The smallest absolute Gasteiger partial charge is 0.220 e. The van der Waals surface area contributed by atoms with E-state index in [1.165, 1.54) is 0 Å². The molecule has 0 bridgehead atoms. The van der Waals surface area contributed by atoms with Gasteiger partial charge in [-0.05, 0) is 17.7 Å². The van der Waals surface area contributed by atoms with E-state index in [2.05, 4.69) is 10.3 Å². The first kappa shape index (κ1) is 13.1. The number of aryl methyl sites for hydroxylation is 1.